The Balaban J connectivity index is 2.10. The third-order valence-electron chi connectivity index (χ3n) is 3.11. The van der Waals surface area contributed by atoms with Crippen LogP contribution in [0.1, 0.15) is 17.4 Å². The molecule has 5 heteroatoms. The van der Waals surface area contributed by atoms with E-state index in [1.165, 1.54) is 0 Å². The Kier molecular flexibility index (Phi) is 4.08. The second-order valence-electron chi connectivity index (χ2n) is 4.45. The van der Waals surface area contributed by atoms with Gasteiger partial charge in [0, 0.05) is 13.4 Å². The van der Waals surface area contributed by atoms with Gasteiger partial charge in [-0.05, 0) is 58.5 Å². The summed E-state index contributed by atoms with van der Waals surface area (Å²) in [7, 11) is 0. The zero-order chi connectivity index (χ0) is 14.3. The number of furan rings is 1. The summed E-state index contributed by atoms with van der Waals surface area (Å²) in [5.41, 5.74) is 8.05. The second-order valence-corrected chi connectivity index (χ2v) is 6.94. The van der Waals surface area contributed by atoms with Crippen LogP contribution in [0, 0.1) is 3.57 Å². The summed E-state index contributed by atoms with van der Waals surface area (Å²) in [5, 5.41) is 1.57. The van der Waals surface area contributed by atoms with Gasteiger partial charge in [0.2, 0.25) is 0 Å². The van der Waals surface area contributed by atoms with E-state index >= 15 is 0 Å². The molecule has 1 aromatic heterocycles. The summed E-state index contributed by atoms with van der Waals surface area (Å²) in [6.07, 6.45) is 0. The fourth-order valence-electron chi connectivity index (χ4n) is 2.11. The van der Waals surface area contributed by atoms with E-state index in [1.54, 1.807) is 0 Å². The van der Waals surface area contributed by atoms with Crippen LogP contribution in [0.5, 0.6) is 0 Å². The number of halogens is 3. The van der Waals surface area contributed by atoms with Gasteiger partial charge in [0.05, 0.1) is 11.1 Å². The highest BCUT2D eigenvalue weighted by molar-refractivity contribution is 14.1. The molecule has 0 spiro atoms. The molecule has 1 atom stereocenters. The fourth-order valence-corrected chi connectivity index (χ4v) is 3.38. The lowest BCUT2D eigenvalue weighted by molar-refractivity contribution is 0.524. The highest BCUT2D eigenvalue weighted by Gasteiger charge is 2.18. The van der Waals surface area contributed by atoms with Crippen LogP contribution in [0.15, 0.2) is 51.4 Å². The zero-order valence-corrected chi connectivity index (χ0v) is 14.7. The average molecular weight is 463 g/mol. The first kappa shape index (κ1) is 14.4. The number of rotatable bonds is 2. The van der Waals surface area contributed by atoms with Gasteiger partial charge in [-0.3, -0.25) is 0 Å². The molecule has 0 bridgehead atoms. The lowest BCUT2D eigenvalue weighted by atomic mass is 10.1. The largest absolute Gasteiger partial charge is 0.457 e. The number of hydrogen-bond acceptors (Lipinski definition) is 2. The highest BCUT2D eigenvalue weighted by Crippen LogP contribution is 2.33. The van der Waals surface area contributed by atoms with Gasteiger partial charge in [0.1, 0.15) is 5.76 Å². The van der Waals surface area contributed by atoms with Crippen molar-refractivity contribution in [2.24, 2.45) is 5.73 Å². The second kappa shape index (κ2) is 5.67. The van der Waals surface area contributed by atoms with Gasteiger partial charge < -0.3 is 10.2 Å². The Morgan fingerprint density at radius 3 is 2.75 bits per heavy atom. The molecule has 1 unspecified atom stereocenters. The monoisotopic (exact) mass is 461 g/mol. The summed E-state index contributed by atoms with van der Waals surface area (Å²) >= 11 is 11.9. The molecule has 0 aliphatic rings. The van der Waals surface area contributed by atoms with Gasteiger partial charge in [0.15, 0.2) is 5.58 Å². The molecule has 0 aliphatic carbocycles. The fraction of sp³-hybridized carbons (Fsp3) is 0.0667. The van der Waals surface area contributed by atoms with Gasteiger partial charge >= 0.3 is 0 Å². The van der Waals surface area contributed by atoms with Crippen LogP contribution in [0.3, 0.4) is 0 Å². The predicted octanol–water partition coefficient (Wildman–Crippen LogP) is 5.50. The molecule has 0 amide bonds. The van der Waals surface area contributed by atoms with Crippen LogP contribution >= 0.6 is 50.1 Å². The van der Waals surface area contributed by atoms with Crippen molar-refractivity contribution in [2.45, 2.75) is 6.04 Å². The van der Waals surface area contributed by atoms with Crippen LogP contribution in [0.25, 0.3) is 11.0 Å². The lowest BCUT2D eigenvalue weighted by Crippen LogP contribution is -2.12. The molecule has 2 N–H and O–H groups in total. The normalized spacial score (nSPS) is 12.8. The van der Waals surface area contributed by atoms with Gasteiger partial charge in [-0.25, -0.2) is 0 Å². The van der Waals surface area contributed by atoms with Gasteiger partial charge in [-0.2, -0.15) is 0 Å². The molecule has 2 nitrogen and oxygen atoms in total. The smallest absolute Gasteiger partial charge is 0.152 e. The molecule has 0 saturated carbocycles. The highest BCUT2D eigenvalue weighted by atomic mass is 127. The first-order valence-electron chi connectivity index (χ1n) is 5.95. The van der Waals surface area contributed by atoms with Crippen molar-refractivity contribution in [3.8, 4) is 0 Å². The topological polar surface area (TPSA) is 39.2 Å². The van der Waals surface area contributed by atoms with Crippen molar-refractivity contribution >= 4 is 61.1 Å². The third kappa shape index (κ3) is 2.62. The molecule has 0 saturated heterocycles. The number of para-hydroxylation sites is 1. The molecule has 2 aromatic carbocycles. The molecule has 102 valence electrons. The van der Waals surface area contributed by atoms with Crippen molar-refractivity contribution in [2.75, 3.05) is 0 Å². The lowest BCUT2D eigenvalue weighted by Gasteiger charge is -2.11. The van der Waals surface area contributed by atoms with E-state index in [9.17, 15) is 0 Å². The minimum absolute atomic E-state index is 0.317. The summed E-state index contributed by atoms with van der Waals surface area (Å²) in [6.45, 7) is 0. The van der Waals surface area contributed by atoms with Gasteiger partial charge in [-0.1, -0.05) is 39.7 Å². The van der Waals surface area contributed by atoms with Crippen LogP contribution < -0.4 is 5.73 Å². The minimum atomic E-state index is -0.317. The maximum atomic E-state index is 6.34. The molecule has 0 aliphatic heterocycles. The number of fused-ring (bicyclic) bond motifs is 1. The van der Waals surface area contributed by atoms with Crippen molar-refractivity contribution in [1.29, 1.82) is 0 Å². The maximum absolute atomic E-state index is 6.34. The number of benzene rings is 2. The van der Waals surface area contributed by atoms with E-state index in [2.05, 4.69) is 38.5 Å². The van der Waals surface area contributed by atoms with Crippen molar-refractivity contribution in [3.05, 3.63) is 66.9 Å². The summed E-state index contributed by atoms with van der Waals surface area (Å²) in [4.78, 5) is 0. The Bertz CT molecular complexity index is 787. The Hall–Kier alpha value is -0.560. The van der Waals surface area contributed by atoms with E-state index in [1.807, 2.05) is 42.5 Å². The van der Waals surface area contributed by atoms with Crippen LogP contribution in [-0.4, -0.2) is 0 Å². The van der Waals surface area contributed by atoms with Crippen molar-refractivity contribution in [1.82, 2.24) is 0 Å². The molecular weight excluding hydrogens is 452 g/mol. The molecule has 3 rings (SSSR count). The van der Waals surface area contributed by atoms with Crippen LogP contribution in [0.2, 0.25) is 5.02 Å². The molecule has 1 heterocycles. The van der Waals surface area contributed by atoms with E-state index in [0.29, 0.717) is 16.4 Å². The van der Waals surface area contributed by atoms with E-state index in [0.717, 1.165) is 19.0 Å². The molecule has 3 aromatic rings. The summed E-state index contributed by atoms with van der Waals surface area (Å²) in [6, 6.07) is 13.3. The Morgan fingerprint density at radius 2 is 2.00 bits per heavy atom. The number of hydrogen-bond donors (Lipinski definition) is 1. The first-order valence-corrected chi connectivity index (χ1v) is 8.19. The summed E-state index contributed by atoms with van der Waals surface area (Å²) in [5.74, 6) is 0.712. The van der Waals surface area contributed by atoms with Crippen LogP contribution in [0.4, 0.5) is 0 Å². The van der Waals surface area contributed by atoms with Gasteiger partial charge in [0.25, 0.3) is 0 Å². The standard InChI is InChI=1S/C15H10BrClINO/c16-9-4-5-12(18)10(7-9)14(19)13-6-8-2-1-3-11(17)15(8)20-13/h1-7,14H,19H2. The SMILES string of the molecule is NC(c1cc2cccc(Cl)c2o1)c1cc(Br)ccc1I. The molecule has 20 heavy (non-hydrogen) atoms. The maximum Gasteiger partial charge on any atom is 0.152 e. The summed E-state index contributed by atoms with van der Waals surface area (Å²) < 4.78 is 7.93. The first-order chi connectivity index (χ1) is 9.56. The predicted molar refractivity (Wildman–Crippen MR) is 94.1 cm³/mol. The van der Waals surface area contributed by atoms with Crippen molar-refractivity contribution < 1.29 is 4.42 Å². The van der Waals surface area contributed by atoms with E-state index in [4.69, 9.17) is 21.8 Å². The molecule has 0 fully saturated rings. The molecular formula is C15H10BrClINO. The average Bonchev–Trinajstić information content (AvgIpc) is 2.86. The van der Waals surface area contributed by atoms with Crippen LogP contribution in [-0.2, 0) is 0 Å². The molecule has 0 radical (unpaired) electrons. The third-order valence-corrected chi connectivity index (χ3v) is 4.89. The quantitative estimate of drug-likeness (QED) is 0.511. The Labute approximate surface area is 143 Å². The van der Waals surface area contributed by atoms with E-state index < -0.39 is 0 Å². The zero-order valence-electron chi connectivity index (χ0n) is 10.2. The number of nitrogens with two attached hydrogens (primary N) is 1. The van der Waals surface area contributed by atoms with Gasteiger partial charge in [-0.15, -0.1) is 0 Å². The van der Waals surface area contributed by atoms with E-state index in [-0.39, 0.29) is 6.04 Å². The Morgan fingerprint density at radius 1 is 1.20 bits per heavy atom. The van der Waals surface area contributed by atoms with Crippen molar-refractivity contribution in [3.63, 3.8) is 0 Å². The minimum Gasteiger partial charge on any atom is -0.457 e.